The molecule has 0 saturated carbocycles. The lowest BCUT2D eigenvalue weighted by atomic mass is 9.74. The van der Waals surface area contributed by atoms with Crippen LogP contribution in [0.15, 0.2) is 5.51 Å². The van der Waals surface area contributed by atoms with Crippen molar-refractivity contribution < 1.29 is 14.7 Å². The van der Waals surface area contributed by atoms with Crippen LogP contribution in [0, 0.1) is 12.3 Å². The number of hydrogen-bond acceptors (Lipinski definition) is 4. The maximum absolute atomic E-state index is 11.9. The van der Waals surface area contributed by atoms with Crippen molar-refractivity contribution in [2.75, 3.05) is 0 Å². The molecule has 112 valence electrons. The topological polar surface area (TPSA) is 91.3 Å². The van der Waals surface area contributed by atoms with E-state index in [0.717, 1.165) is 10.6 Å². The summed E-state index contributed by atoms with van der Waals surface area (Å²) in [5, 5.41) is 14.7. The minimum atomic E-state index is -1.08. The smallest absolute Gasteiger partial charge is 0.315 e. The monoisotopic (exact) mass is 299 g/mol. The normalized spacial score (nSPS) is 12.1. The summed E-state index contributed by atoms with van der Waals surface area (Å²) in [7, 11) is 0. The first kappa shape index (κ1) is 16.4. The van der Waals surface area contributed by atoms with Crippen molar-refractivity contribution in [1.82, 2.24) is 15.6 Å². The number of thiazole rings is 1. The summed E-state index contributed by atoms with van der Waals surface area (Å²) in [6.45, 7) is 8.82. The van der Waals surface area contributed by atoms with Crippen LogP contribution in [0.5, 0.6) is 0 Å². The van der Waals surface area contributed by atoms with Crippen LogP contribution in [0.25, 0.3) is 0 Å². The van der Waals surface area contributed by atoms with Gasteiger partial charge in [0.2, 0.25) is 0 Å². The van der Waals surface area contributed by atoms with Crippen LogP contribution in [0.4, 0.5) is 4.79 Å². The molecule has 0 radical (unpaired) electrons. The number of hydrogen-bond donors (Lipinski definition) is 3. The quantitative estimate of drug-likeness (QED) is 0.777. The van der Waals surface area contributed by atoms with Gasteiger partial charge in [0.1, 0.15) is 0 Å². The first-order valence-corrected chi connectivity index (χ1v) is 7.14. The number of aliphatic carboxylic acids is 1. The van der Waals surface area contributed by atoms with Gasteiger partial charge in [-0.3, -0.25) is 4.79 Å². The molecule has 3 N–H and O–H groups in total. The zero-order valence-corrected chi connectivity index (χ0v) is 13.2. The van der Waals surface area contributed by atoms with E-state index in [9.17, 15) is 14.7 Å². The van der Waals surface area contributed by atoms with Crippen LogP contribution >= 0.6 is 11.3 Å². The molecule has 2 amide bonds. The Bertz CT molecular complexity index is 509. The molecule has 0 aromatic carbocycles. The lowest BCUT2D eigenvalue weighted by Gasteiger charge is -2.38. The molecule has 1 aromatic heterocycles. The van der Waals surface area contributed by atoms with E-state index >= 15 is 0 Å². The Morgan fingerprint density at radius 1 is 1.35 bits per heavy atom. The molecule has 6 nitrogen and oxygen atoms in total. The summed E-state index contributed by atoms with van der Waals surface area (Å²) in [4.78, 5) is 28.2. The van der Waals surface area contributed by atoms with Crippen LogP contribution < -0.4 is 10.6 Å². The van der Waals surface area contributed by atoms with E-state index in [2.05, 4.69) is 15.6 Å². The van der Waals surface area contributed by atoms with E-state index in [0.29, 0.717) is 6.54 Å². The second-order valence-corrected chi connectivity index (χ2v) is 6.66. The molecule has 0 spiro atoms. The van der Waals surface area contributed by atoms with Gasteiger partial charge in [0.15, 0.2) is 0 Å². The minimum Gasteiger partial charge on any atom is -0.481 e. The number of aromatic nitrogens is 1. The van der Waals surface area contributed by atoms with E-state index in [4.69, 9.17) is 0 Å². The van der Waals surface area contributed by atoms with Crippen molar-refractivity contribution >= 4 is 23.3 Å². The highest BCUT2D eigenvalue weighted by Crippen LogP contribution is 2.30. The van der Waals surface area contributed by atoms with E-state index in [1.54, 1.807) is 33.2 Å². The van der Waals surface area contributed by atoms with E-state index in [1.165, 1.54) is 11.3 Å². The van der Waals surface area contributed by atoms with Gasteiger partial charge >= 0.3 is 12.0 Å². The average Bonchev–Trinajstić information content (AvgIpc) is 2.71. The Labute approximate surface area is 122 Å². The molecule has 0 bridgehead atoms. The minimum absolute atomic E-state index is 0.381. The summed E-state index contributed by atoms with van der Waals surface area (Å²) in [5.41, 5.74) is 0.651. The van der Waals surface area contributed by atoms with Gasteiger partial charge in [-0.1, -0.05) is 0 Å². The lowest BCUT2D eigenvalue weighted by Crippen LogP contribution is -2.58. The Hall–Kier alpha value is -1.63. The largest absolute Gasteiger partial charge is 0.481 e. The molecule has 0 aliphatic carbocycles. The summed E-state index contributed by atoms with van der Waals surface area (Å²) in [6.07, 6.45) is 0. The molecule has 1 rings (SSSR count). The summed E-state index contributed by atoms with van der Waals surface area (Å²) in [5.74, 6) is -0.957. The third kappa shape index (κ3) is 3.47. The number of rotatable bonds is 5. The molecule has 1 heterocycles. The van der Waals surface area contributed by atoms with Crippen molar-refractivity contribution in [3.8, 4) is 0 Å². The Balaban J connectivity index is 2.62. The summed E-state index contributed by atoms with van der Waals surface area (Å²) < 4.78 is 0. The molecule has 0 aliphatic heterocycles. The number of carboxylic acids is 1. The number of amides is 2. The highest BCUT2D eigenvalue weighted by molar-refractivity contribution is 7.09. The van der Waals surface area contributed by atoms with Crippen molar-refractivity contribution in [2.45, 2.75) is 46.7 Å². The molecule has 0 unspecified atom stereocenters. The van der Waals surface area contributed by atoms with Crippen LogP contribution in [-0.2, 0) is 11.3 Å². The first-order valence-electron chi connectivity index (χ1n) is 6.26. The second-order valence-electron chi connectivity index (χ2n) is 5.72. The summed E-state index contributed by atoms with van der Waals surface area (Å²) >= 11 is 1.47. The predicted octanol–water partition coefficient (Wildman–Crippen LogP) is 2.14. The fraction of sp³-hybridized carbons (Fsp3) is 0.615. The number of urea groups is 1. The van der Waals surface area contributed by atoms with Gasteiger partial charge in [0, 0.05) is 4.88 Å². The van der Waals surface area contributed by atoms with Gasteiger partial charge < -0.3 is 15.7 Å². The van der Waals surface area contributed by atoms with Crippen LogP contribution in [0.1, 0.15) is 38.3 Å². The standard InChI is InChI=1S/C13H21N3O3S/c1-8-9(20-7-15-8)6-14-11(19)16-13(4,5)12(2,3)10(17)18/h7H,6H2,1-5H3,(H,17,18)(H2,14,16,19). The fourth-order valence-corrected chi connectivity index (χ4v) is 2.12. The van der Waals surface area contributed by atoms with Gasteiger partial charge in [0.05, 0.1) is 28.7 Å². The van der Waals surface area contributed by atoms with Crippen molar-refractivity contribution in [2.24, 2.45) is 5.41 Å². The van der Waals surface area contributed by atoms with Gasteiger partial charge in [0.25, 0.3) is 0 Å². The zero-order valence-electron chi connectivity index (χ0n) is 12.4. The van der Waals surface area contributed by atoms with Crippen LogP contribution in [-0.4, -0.2) is 27.6 Å². The lowest BCUT2D eigenvalue weighted by molar-refractivity contribution is -0.150. The average molecular weight is 299 g/mol. The molecule has 0 fully saturated rings. The molecular formula is C13H21N3O3S. The number of nitrogens with one attached hydrogen (secondary N) is 2. The number of aryl methyl sites for hydroxylation is 1. The van der Waals surface area contributed by atoms with Crippen LogP contribution in [0.2, 0.25) is 0 Å². The highest BCUT2D eigenvalue weighted by Gasteiger charge is 2.44. The van der Waals surface area contributed by atoms with Crippen molar-refractivity contribution in [3.05, 3.63) is 16.1 Å². The maximum Gasteiger partial charge on any atom is 0.315 e. The van der Waals surface area contributed by atoms with E-state index in [1.807, 2.05) is 6.92 Å². The van der Waals surface area contributed by atoms with Gasteiger partial charge in [-0.05, 0) is 34.6 Å². The maximum atomic E-state index is 11.9. The highest BCUT2D eigenvalue weighted by atomic mass is 32.1. The summed E-state index contributed by atoms with van der Waals surface area (Å²) in [6, 6.07) is -0.392. The van der Waals surface area contributed by atoms with Gasteiger partial charge in [-0.2, -0.15) is 0 Å². The molecule has 0 atom stereocenters. The second kappa shape index (κ2) is 5.78. The number of carbonyl (C=O) groups is 2. The number of nitrogens with zero attached hydrogens (tertiary/aromatic N) is 1. The number of carboxylic acid groups (broad SMARTS) is 1. The predicted molar refractivity (Wildman–Crippen MR) is 77.7 cm³/mol. The van der Waals surface area contributed by atoms with E-state index < -0.39 is 23.0 Å². The Morgan fingerprint density at radius 2 is 1.95 bits per heavy atom. The Kier molecular flexibility index (Phi) is 4.75. The molecular weight excluding hydrogens is 278 g/mol. The number of carbonyl (C=O) groups excluding carboxylic acids is 1. The van der Waals surface area contributed by atoms with E-state index in [-0.39, 0.29) is 0 Å². The van der Waals surface area contributed by atoms with Crippen LogP contribution in [0.3, 0.4) is 0 Å². The molecule has 0 aliphatic rings. The van der Waals surface area contributed by atoms with Crippen molar-refractivity contribution in [1.29, 1.82) is 0 Å². The first-order chi connectivity index (χ1) is 9.08. The molecule has 20 heavy (non-hydrogen) atoms. The molecule has 7 heteroatoms. The zero-order chi connectivity index (χ0) is 15.6. The third-order valence-electron chi connectivity index (χ3n) is 3.78. The Morgan fingerprint density at radius 3 is 2.40 bits per heavy atom. The SMILES string of the molecule is Cc1ncsc1CNC(=O)NC(C)(C)C(C)(C)C(=O)O. The van der Waals surface area contributed by atoms with Crippen molar-refractivity contribution in [3.63, 3.8) is 0 Å². The van der Waals surface area contributed by atoms with Gasteiger partial charge in [-0.25, -0.2) is 9.78 Å². The molecule has 1 aromatic rings. The fourth-order valence-electron chi connectivity index (χ4n) is 1.41. The molecule has 0 saturated heterocycles. The third-order valence-corrected chi connectivity index (χ3v) is 4.71. The van der Waals surface area contributed by atoms with Gasteiger partial charge in [-0.15, -0.1) is 11.3 Å².